The molecule has 0 saturated carbocycles. The number of piperazine rings is 1. The van der Waals surface area contributed by atoms with E-state index in [-0.39, 0.29) is 48.5 Å². The van der Waals surface area contributed by atoms with Crippen molar-refractivity contribution in [2.75, 3.05) is 26.2 Å². The van der Waals surface area contributed by atoms with Gasteiger partial charge < -0.3 is 13.8 Å². The molecule has 9 nitrogen and oxygen atoms in total. The highest BCUT2D eigenvalue weighted by atomic mass is 32.2. The summed E-state index contributed by atoms with van der Waals surface area (Å²) in [4.78, 5) is 17.9. The van der Waals surface area contributed by atoms with Crippen LogP contribution in [0.25, 0.3) is 0 Å². The van der Waals surface area contributed by atoms with E-state index in [1.165, 1.54) is 10.7 Å². The number of rotatable bonds is 3. The zero-order valence-electron chi connectivity index (χ0n) is 13.6. The molecular formula is C14H18N4O5S. The lowest BCUT2D eigenvalue weighted by Gasteiger charge is -2.33. The number of nitrogens with zero attached hydrogens (tertiary/aromatic N) is 4. The van der Waals surface area contributed by atoms with Gasteiger partial charge in [-0.25, -0.2) is 13.4 Å². The summed E-state index contributed by atoms with van der Waals surface area (Å²) in [6.45, 7) is 5.81. The van der Waals surface area contributed by atoms with Gasteiger partial charge in [0.2, 0.25) is 15.8 Å². The molecule has 24 heavy (non-hydrogen) atoms. The van der Waals surface area contributed by atoms with E-state index in [2.05, 4.69) is 10.1 Å². The second kappa shape index (κ2) is 6.02. The van der Waals surface area contributed by atoms with Gasteiger partial charge in [-0.1, -0.05) is 5.16 Å². The number of aryl methyl sites for hydroxylation is 3. The van der Waals surface area contributed by atoms with Crippen molar-refractivity contribution >= 4 is 15.9 Å². The Balaban J connectivity index is 1.73. The first-order valence-electron chi connectivity index (χ1n) is 7.44. The fourth-order valence-electron chi connectivity index (χ4n) is 2.75. The second-order valence-corrected chi connectivity index (χ2v) is 7.49. The van der Waals surface area contributed by atoms with E-state index >= 15 is 0 Å². The van der Waals surface area contributed by atoms with Gasteiger partial charge >= 0.3 is 0 Å². The summed E-state index contributed by atoms with van der Waals surface area (Å²) >= 11 is 0. The molecule has 0 spiro atoms. The number of carbonyl (C=O) groups excluding carboxylic acids is 1. The molecule has 0 N–H and O–H groups in total. The van der Waals surface area contributed by atoms with Gasteiger partial charge in [-0.05, 0) is 20.8 Å². The summed E-state index contributed by atoms with van der Waals surface area (Å²) in [6.07, 6.45) is 1.22. The van der Waals surface area contributed by atoms with Gasteiger partial charge in [0.25, 0.3) is 5.91 Å². The van der Waals surface area contributed by atoms with Crippen molar-refractivity contribution in [1.29, 1.82) is 0 Å². The Hall–Kier alpha value is -2.20. The largest absolute Gasteiger partial charge is 0.438 e. The minimum atomic E-state index is -3.69. The van der Waals surface area contributed by atoms with E-state index in [0.717, 1.165) is 0 Å². The standard InChI is InChI=1S/C14H18N4O5S/c1-9-12(22-8-15-9)14(19)17-4-6-18(7-5-17)24(20,21)13-10(2)16-23-11(13)3/h8H,4-7H2,1-3H3. The Labute approximate surface area is 139 Å². The van der Waals surface area contributed by atoms with Crippen molar-refractivity contribution in [1.82, 2.24) is 19.3 Å². The van der Waals surface area contributed by atoms with Crippen LogP contribution in [-0.2, 0) is 10.0 Å². The Morgan fingerprint density at radius 3 is 2.29 bits per heavy atom. The summed E-state index contributed by atoms with van der Waals surface area (Å²) in [5.74, 6) is 0.180. The van der Waals surface area contributed by atoms with E-state index in [9.17, 15) is 13.2 Å². The Kier molecular flexibility index (Phi) is 4.18. The summed E-state index contributed by atoms with van der Waals surface area (Å²) in [5, 5.41) is 3.70. The van der Waals surface area contributed by atoms with E-state index in [4.69, 9.17) is 8.94 Å². The van der Waals surface area contributed by atoms with Crippen molar-refractivity contribution in [2.24, 2.45) is 0 Å². The maximum absolute atomic E-state index is 12.7. The van der Waals surface area contributed by atoms with Gasteiger partial charge in [-0.15, -0.1) is 0 Å². The van der Waals surface area contributed by atoms with Crippen molar-refractivity contribution in [3.63, 3.8) is 0 Å². The number of amides is 1. The Bertz CT molecular complexity index is 842. The lowest BCUT2D eigenvalue weighted by Crippen LogP contribution is -2.50. The zero-order chi connectivity index (χ0) is 17.5. The quantitative estimate of drug-likeness (QED) is 0.799. The van der Waals surface area contributed by atoms with Crippen LogP contribution in [0.2, 0.25) is 0 Å². The van der Waals surface area contributed by atoms with Crippen LogP contribution in [0.15, 0.2) is 20.2 Å². The van der Waals surface area contributed by atoms with E-state index in [1.54, 1.807) is 25.7 Å². The molecule has 1 fully saturated rings. The zero-order valence-corrected chi connectivity index (χ0v) is 14.5. The molecule has 3 rings (SSSR count). The molecule has 0 unspecified atom stereocenters. The highest BCUT2D eigenvalue weighted by Gasteiger charge is 2.35. The minimum Gasteiger partial charge on any atom is -0.438 e. The van der Waals surface area contributed by atoms with Gasteiger partial charge in [-0.2, -0.15) is 4.31 Å². The summed E-state index contributed by atoms with van der Waals surface area (Å²) in [7, 11) is -3.69. The minimum absolute atomic E-state index is 0.105. The Morgan fingerprint density at radius 1 is 1.12 bits per heavy atom. The number of oxazole rings is 1. The topological polar surface area (TPSA) is 110 Å². The molecule has 0 bridgehead atoms. The number of carbonyl (C=O) groups is 1. The van der Waals surface area contributed by atoms with Crippen LogP contribution in [0.4, 0.5) is 0 Å². The second-order valence-electron chi connectivity index (χ2n) is 5.62. The van der Waals surface area contributed by atoms with E-state index in [0.29, 0.717) is 11.4 Å². The fourth-order valence-corrected chi connectivity index (χ4v) is 4.47. The average molecular weight is 354 g/mol. The van der Waals surface area contributed by atoms with Crippen LogP contribution in [0.1, 0.15) is 27.7 Å². The van der Waals surface area contributed by atoms with Gasteiger partial charge in [0.15, 0.2) is 12.2 Å². The molecule has 130 valence electrons. The highest BCUT2D eigenvalue weighted by molar-refractivity contribution is 7.89. The SMILES string of the molecule is Cc1ncoc1C(=O)N1CCN(S(=O)(=O)c2c(C)noc2C)CC1. The first-order chi connectivity index (χ1) is 11.3. The van der Waals surface area contributed by atoms with Crippen LogP contribution in [0.5, 0.6) is 0 Å². The molecule has 10 heteroatoms. The molecule has 0 atom stereocenters. The maximum Gasteiger partial charge on any atom is 0.291 e. The summed E-state index contributed by atoms with van der Waals surface area (Å²) < 4.78 is 36.9. The molecule has 1 amide bonds. The fraction of sp³-hybridized carbons (Fsp3) is 0.500. The maximum atomic E-state index is 12.7. The van der Waals surface area contributed by atoms with Gasteiger partial charge in [-0.3, -0.25) is 4.79 Å². The summed E-state index contributed by atoms with van der Waals surface area (Å²) in [6, 6.07) is 0. The number of hydrogen-bond donors (Lipinski definition) is 0. The molecule has 1 aliphatic rings. The van der Waals surface area contributed by atoms with Crippen LogP contribution in [-0.4, -0.2) is 59.8 Å². The number of aromatic nitrogens is 2. The third kappa shape index (κ3) is 2.71. The molecule has 3 heterocycles. The molecule has 2 aromatic heterocycles. The van der Waals surface area contributed by atoms with Crippen LogP contribution >= 0.6 is 0 Å². The molecule has 1 saturated heterocycles. The Morgan fingerprint density at radius 2 is 1.79 bits per heavy atom. The normalized spacial score (nSPS) is 16.5. The predicted octanol–water partition coefficient (Wildman–Crippen LogP) is 0.735. The highest BCUT2D eigenvalue weighted by Crippen LogP contribution is 2.24. The monoisotopic (exact) mass is 354 g/mol. The molecule has 0 aliphatic carbocycles. The van der Waals surface area contributed by atoms with Gasteiger partial charge in [0.1, 0.15) is 10.6 Å². The third-order valence-electron chi connectivity index (χ3n) is 4.03. The van der Waals surface area contributed by atoms with Crippen LogP contribution in [0, 0.1) is 20.8 Å². The molecule has 2 aromatic rings. The molecule has 0 radical (unpaired) electrons. The average Bonchev–Trinajstić information content (AvgIpc) is 3.12. The number of sulfonamides is 1. The van der Waals surface area contributed by atoms with Gasteiger partial charge in [0, 0.05) is 26.2 Å². The van der Waals surface area contributed by atoms with Crippen molar-refractivity contribution < 1.29 is 22.2 Å². The molecule has 1 aliphatic heterocycles. The number of hydrogen-bond acceptors (Lipinski definition) is 7. The van der Waals surface area contributed by atoms with E-state index < -0.39 is 10.0 Å². The predicted molar refractivity (Wildman–Crippen MR) is 81.9 cm³/mol. The third-order valence-corrected chi connectivity index (χ3v) is 6.18. The lowest BCUT2D eigenvalue weighted by molar-refractivity contribution is 0.0665. The summed E-state index contributed by atoms with van der Waals surface area (Å²) in [5.41, 5.74) is 0.856. The smallest absolute Gasteiger partial charge is 0.291 e. The molecule has 0 aromatic carbocycles. The van der Waals surface area contributed by atoms with Crippen LogP contribution in [0.3, 0.4) is 0 Å². The lowest BCUT2D eigenvalue weighted by atomic mass is 10.3. The van der Waals surface area contributed by atoms with Crippen molar-refractivity contribution in [2.45, 2.75) is 25.7 Å². The first-order valence-corrected chi connectivity index (χ1v) is 8.88. The van der Waals surface area contributed by atoms with Crippen molar-refractivity contribution in [3.05, 3.63) is 29.3 Å². The first kappa shape index (κ1) is 16.7. The van der Waals surface area contributed by atoms with Crippen LogP contribution < -0.4 is 0 Å². The van der Waals surface area contributed by atoms with Gasteiger partial charge in [0.05, 0.1) is 5.69 Å². The van der Waals surface area contributed by atoms with E-state index in [1.807, 2.05) is 0 Å². The van der Waals surface area contributed by atoms with Crippen molar-refractivity contribution in [3.8, 4) is 0 Å². The molecular weight excluding hydrogens is 336 g/mol.